The van der Waals surface area contributed by atoms with Crippen molar-refractivity contribution in [1.82, 2.24) is 0 Å². The molecule has 0 N–H and O–H groups in total. The van der Waals surface area contributed by atoms with E-state index in [0.717, 1.165) is 25.0 Å². The van der Waals surface area contributed by atoms with Crippen molar-refractivity contribution >= 4 is 0 Å². The molecule has 2 nitrogen and oxygen atoms in total. The minimum atomic E-state index is 0.745. The fourth-order valence-corrected chi connectivity index (χ4v) is 2.14. The topological polar surface area (TPSA) is 18.5 Å². The Morgan fingerprint density at radius 3 is 1.50 bits per heavy atom. The first-order valence-corrected chi connectivity index (χ1v) is 6.32. The fraction of sp³-hybridized carbons (Fsp3) is 0.714. The second-order valence-corrected chi connectivity index (χ2v) is 4.49. The molecule has 16 heavy (non-hydrogen) atoms. The van der Waals surface area contributed by atoms with E-state index >= 15 is 0 Å². The molecule has 0 amide bonds. The molecule has 1 rings (SSSR count). The van der Waals surface area contributed by atoms with Gasteiger partial charge < -0.3 is 9.47 Å². The summed E-state index contributed by atoms with van der Waals surface area (Å²) in [6.07, 6.45) is 12.6. The number of allylic oxidation sites excluding steroid dienone is 2. The van der Waals surface area contributed by atoms with Gasteiger partial charge in [-0.25, -0.2) is 0 Å². The quantitative estimate of drug-likeness (QED) is 0.637. The summed E-state index contributed by atoms with van der Waals surface area (Å²) >= 11 is 0. The zero-order valence-electron chi connectivity index (χ0n) is 10.5. The molecule has 0 aromatic carbocycles. The van der Waals surface area contributed by atoms with Crippen LogP contribution in [-0.2, 0) is 9.47 Å². The highest BCUT2D eigenvalue weighted by Crippen LogP contribution is 2.29. The van der Waals surface area contributed by atoms with E-state index in [1.807, 2.05) is 26.0 Å². The Hall–Kier alpha value is -0.920. The normalized spacial score (nSPS) is 26.4. The molecule has 0 heterocycles. The summed E-state index contributed by atoms with van der Waals surface area (Å²) in [6, 6.07) is 0. The molecule has 0 unspecified atom stereocenters. The zero-order chi connectivity index (χ0) is 11.6. The van der Waals surface area contributed by atoms with Crippen LogP contribution in [0.1, 0.15) is 39.5 Å². The third-order valence-corrected chi connectivity index (χ3v) is 3.09. The summed E-state index contributed by atoms with van der Waals surface area (Å²) in [7, 11) is 0. The van der Waals surface area contributed by atoms with E-state index < -0.39 is 0 Å². The average molecular weight is 224 g/mol. The van der Waals surface area contributed by atoms with Crippen molar-refractivity contribution < 1.29 is 9.47 Å². The van der Waals surface area contributed by atoms with Gasteiger partial charge in [-0.1, -0.05) is 12.2 Å². The first kappa shape index (κ1) is 13.1. The van der Waals surface area contributed by atoms with Gasteiger partial charge in [-0.05, 0) is 51.4 Å². The average Bonchev–Trinajstić information content (AvgIpc) is 2.32. The minimum Gasteiger partial charge on any atom is -0.501 e. The molecule has 1 aliphatic carbocycles. The lowest BCUT2D eigenvalue weighted by molar-refractivity contribution is 0.113. The van der Waals surface area contributed by atoms with Crippen LogP contribution in [0.25, 0.3) is 0 Å². The number of ether oxygens (including phenoxy) is 2. The van der Waals surface area contributed by atoms with Crippen molar-refractivity contribution in [3.05, 3.63) is 24.7 Å². The molecule has 0 bridgehead atoms. The van der Waals surface area contributed by atoms with E-state index in [-0.39, 0.29) is 0 Å². The molecule has 1 fully saturated rings. The van der Waals surface area contributed by atoms with Crippen LogP contribution < -0.4 is 0 Å². The van der Waals surface area contributed by atoms with Crippen LogP contribution in [0.15, 0.2) is 24.7 Å². The Kier molecular flexibility index (Phi) is 6.78. The maximum Gasteiger partial charge on any atom is 0.0901 e. The van der Waals surface area contributed by atoms with Gasteiger partial charge >= 0.3 is 0 Å². The number of hydrogen-bond acceptors (Lipinski definition) is 2. The maximum atomic E-state index is 5.43. The second kappa shape index (κ2) is 8.26. The predicted octanol–water partition coefficient (Wildman–Crippen LogP) is 3.89. The van der Waals surface area contributed by atoms with Gasteiger partial charge in [0.15, 0.2) is 0 Å². The van der Waals surface area contributed by atoms with Gasteiger partial charge in [-0.3, -0.25) is 0 Å². The van der Waals surface area contributed by atoms with Crippen molar-refractivity contribution in [1.29, 1.82) is 0 Å². The SMILES string of the molecule is C/C=C/OCC1CCC(CO/C=C/C)CC1. The van der Waals surface area contributed by atoms with E-state index in [0.29, 0.717) is 0 Å². The smallest absolute Gasteiger partial charge is 0.0901 e. The van der Waals surface area contributed by atoms with Gasteiger partial charge in [0.05, 0.1) is 25.7 Å². The lowest BCUT2D eigenvalue weighted by Gasteiger charge is -2.27. The van der Waals surface area contributed by atoms with Crippen molar-refractivity contribution in [2.24, 2.45) is 11.8 Å². The van der Waals surface area contributed by atoms with E-state index in [4.69, 9.17) is 9.47 Å². The highest BCUT2D eigenvalue weighted by molar-refractivity contribution is 4.75. The van der Waals surface area contributed by atoms with Gasteiger partial charge in [-0.2, -0.15) is 0 Å². The molecule has 0 aromatic rings. The van der Waals surface area contributed by atoms with Crippen LogP contribution in [0.3, 0.4) is 0 Å². The lowest BCUT2D eigenvalue weighted by atomic mass is 9.83. The summed E-state index contributed by atoms with van der Waals surface area (Å²) in [5.41, 5.74) is 0. The molecule has 0 radical (unpaired) electrons. The van der Waals surface area contributed by atoms with Crippen LogP contribution in [-0.4, -0.2) is 13.2 Å². The first-order valence-electron chi connectivity index (χ1n) is 6.32. The molecule has 2 heteroatoms. The van der Waals surface area contributed by atoms with Gasteiger partial charge in [0.1, 0.15) is 0 Å². The Balaban J connectivity index is 2.08. The molecule has 1 aliphatic rings. The van der Waals surface area contributed by atoms with Crippen LogP contribution >= 0.6 is 0 Å². The number of rotatable bonds is 6. The molecule has 1 saturated carbocycles. The summed E-state index contributed by atoms with van der Waals surface area (Å²) in [6.45, 7) is 5.73. The van der Waals surface area contributed by atoms with E-state index in [1.165, 1.54) is 25.7 Å². The molecule has 92 valence electrons. The Morgan fingerprint density at radius 2 is 1.19 bits per heavy atom. The summed E-state index contributed by atoms with van der Waals surface area (Å²) in [5.74, 6) is 1.49. The van der Waals surface area contributed by atoms with Gasteiger partial charge in [-0.15, -0.1) is 0 Å². The van der Waals surface area contributed by atoms with Crippen LogP contribution in [0.4, 0.5) is 0 Å². The molecule has 0 spiro atoms. The fourth-order valence-electron chi connectivity index (χ4n) is 2.14. The lowest BCUT2D eigenvalue weighted by Crippen LogP contribution is -2.20. The summed E-state index contributed by atoms with van der Waals surface area (Å²) in [4.78, 5) is 0. The van der Waals surface area contributed by atoms with Crippen LogP contribution in [0.2, 0.25) is 0 Å². The van der Waals surface area contributed by atoms with Crippen LogP contribution in [0, 0.1) is 11.8 Å². The first-order chi connectivity index (χ1) is 7.86. The number of hydrogen-bond donors (Lipinski definition) is 0. The molecular weight excluding hydrogens is 200 g/mol. The van der Waals surface area contributed by atoms with Crippen molar-refractivity contribution in [3.8, 4) is 0 Å². The minimum absolute atomic E-state index is 0.745. The molecule has 0 aliphatic heterocycles. The second-order valence-electron chi connectivity index (χ2n) is 4.49. The van der Waals surface area contributed by atoms with Crippen molar-refractivity contribution in [2.75, 3.05) is 13.2 Å². The van der Waals surface area contributed by atoms with Crippen molar-refractivity contribution in [2.45, 2.75) is 39.5 Å². The standard InChI is InChI=1S/C14H24O2/c1-3-9-15-11-13-5-7-14(8-6-13)12-16-10-4-2/h3-4,9-10,13-14H,5-8,11-12H2,1-2H3/b9-3+,10-4+. The highest BCUT2D eigenvalue weighted by Gasteiger charge is 2.21. The predicted molar refractivity (Wildman–Crippen MR) is 67.0 cm³/mol. The van der Waals surface area contributed by atoms with Crippen LogP contribution in [0.5, 0.6) is 0 Å². The zero-order valence-corrected chi connectivity index (χ0v) is 10.5. The summed E-state index contributed by atoms with van der Waals surface area (Å²) in [5, 5.41) is 0. The van der Waals surface area contributed by atoms with Gasteiger partial charge in [0.2, 0.25) is 0 Å². The highest BCUT2D eigenvalue weighted by atomic mass is 16.5. The third kappa shape index (κ3) is 5.24. The molecule has 0 aromatic heterocycles. The van der Waals surface area contributed by atoms with E-state index in [1.54, 1.807) is 12.5 Å². The van der Waals surface area contributed by atoms with E-state index in [9.17, 15) is 0 Å². The monoisotopic (exact) mass is 224 g/mol. The van der Waals surface area contributed by atoms with Gasteiger partial charge in [0, 0.05) is 0 Å². The molecule has 0 saturated heterocycles. The third-order valence-electron chi connectivity index (χ3n) is 3.09. The molecule has 0 atom stereocenters. The maximum absolute atomic E-state index is 5.43. The van der Waals surface area contributed by atoms with Crippen molar-refractivity contribution in [3.63, 3.8) is 0 Å². The molecular formula is C14H24O2. The Morgan fingerprint density at radius 1 is 0.812 bits per heavy atom. The Labute approximate surface area is 99.3 Å². The van der Waals surface area contributed by atoms with Gasteiger partial charge in [0.25, 0.3) is 0 Å². The summed E-state index contributed by atoms with van der Waals surface area (Å²) < 4.78 is 10.9. The Bertz CT molecular complexity index is 189. The largest absolute Gasteiger partial charge is 0.501 e. The van der Waals surface area contributed by atoms with E-state index in [2.05, 4.69) is 0 Å².